The molecule has 2 N–H and O–H groups in total. The van der Waals surface area contributed by atoms with E-state index in [2.05, 4.69) is 34.6 Å². The zero-order chi connectivity index (χ0) is 18.6. The Hall–Kier alpha value is -2.92. The number of aromatic nitrogens is 1. The molecule has 0 bridgehead atoms. The molecule has 138 valence electrons. The maximum atomic E-state index is 13.0. The molecule has 0 unspecified atom stereocenters. The number of aryl methyl sites for hydroxylation is 1. The number of piperazine rings is 1. The highest BCUT2D eigenvalue weighted by atomic mass is 16.1. The van der Waals surface area contributed by atoms with Crippen LogP contribution in [0.15, 0.2) is 54.6 Å². The van der Waals surface area contributed by atoms with E-state index >= 15 is 0 Å². The van der Waals surface area contributed by atoms with Gasteiger partial charge in [0, 0.05) is 38.1 Å². The van der Waals surface area contributed by atoms with Crippen molar-refractivity contribution in [1.29, 1.82) is 0 Å². The molecule has 0 spiro atoms. The lowest BCUT2D eigenvalue weighted by Crippen LogP contribution is -2.44. The fourth-order valence-corrected chi connectivity index (χ4v) is 3.39. The Morgan fingerprint density at radius 1 is 1.11 bits per heavy atom. The molecule has 2 aromatic carbocycles. The number of fused-ring (bicyclic) bond motifs is 1. The molecule has 0 atom stereocenters. The van der Waals surface area contributed by atoms with Gasteiger partial charge < -0.3 is 15.5 Å². The summed E-state index contributed by atoms with van der Waals surface area (Å²) in [6.07, 6.45) is 0. The normalized spacial score (nSPS) is 14.3. The number of rotatable bonds is 4. The number of nitrogens with zero attached hydrogens (tertiary/aromatic N) is 2. The van der Waals surface area contributed by atoms with Crippen molar-refractivity contribution in [2.24, 2.45) is 0 Å². The van der Waals surface area contributed by atoms with Crippen LogP contribution in [0.2, 0.25) is 0 Å². The molecule has 2 heterocycles. The van der Waals surface area contributed by atoms with Crippen LogP contribution in [-0.4, -0.2) is 37.1 Å². The van der Waals surface area contributed by atoms with Gasteiger partial charge in [-0.25, -0.2) is 4.98 Å². The van der Waals surface area contributed by atoms with Crippen LogP contribution in [0.5, 0.6) is 0 Å². The van der Waals surface area contributed by atoms with E-state index in [9.17, 15) is 4.79 Å². The molecular formula is C22H24N4O. The van der Waals surface area contributed by atoms with Gasteiger partial charge in [0.25, 0.3) is 5.91 Å². The highest BCUT2D eigenvalue weighted by molar-refractivity contribution is 6.07. The summed E-state index contributed by atoms with van der Waals surface area (Å²) in [5.41, 5.74) is 3.84. The second kappa shape index (κ2) is 7.76. The van der Waals surface area contributed by atoms with Gasteiger partial charge in [0.1, 0.15) is 5.82 Å². The summed E-state index contributed by atoms with van der Waals surface area (Å²) in [5.74, 6) is 0.807. The molecule has 4 rings (SSSR count). The zero-order valence-electron chi connectivity index (χ0n) is 15.5. The number of benzene rings is 2. The lowest BCUT2D eigenvalue weighted by molar-refractivity contribution is 0.0952. The van der Waals surface area contributed by atoms with Crippen molar-refractivity contribution in [3.8, 4) is 0 Å². The third kappa shape index (κ3) is 3.93. The lowest BCUT2D eigenvalue weighted by atomic mass is 10.1. The van der Waals surface area contributed by atoms with E-state index in [1.807, 2.05) is 42.5 Å². The van der Waals surface area contributed by atoms with E-state index in [-0.39, 0.29) is 5.91 Å². The summed E-state index contributed by atoms with van der Waals surface area (Å²) in [4.78, 5) is 20.0. The summed E-state index contributed by atoms with van der Waals surface area (Å²) < 4.78 is 0. The van der Waals surface area contributed by atoms with E-state index in [0.29, 0.717) is 12.1 Å². The fraction of sp³-hybridized carbons (Fsp3) is 0.273. The Labute approximate surface area is 159 Å². The minimum Gasteiger partial charge on any atom is -0.354 e. The molecule has 1 aliphatic rings. The highest BCUT2D eigenvalue weighted by Gasteiger charge is 2.17. The first-order chi connectivity index (χ1) is 13.2. The molecule has 5 nitrogen and oxygen atoms in total. The Morgan fingerprint density at radius 3 is 2.63 bits per heavy atom. The molecule has 0 aliphatic carbocycles. The van der Waals surface area contributed by atoms with E-state index in [0.717, 1.165) is 48.5 Å². The van der Waals surface area contributed by atoms with Gasteiger partial charge in [0.05, 0.1) is 11.1 Å². The third-order valence-electron chi connectivity index (χ3n) is 4.96. The van der Waals surface area contributed by atoms with Crippen molar-refractivity contribution < 1.29 is 4.79 Å². The van der Waals surface area contributed by atoms with Crippen molar-refractivity contribution in [2.45, 2.75) is 13.5 Å². The van der Waals surface area contributed by atoms with Gasteiger partial charge in [-0.15, -0.1) is 0 Å². The maximum absolute atomic E-state index is 13.0. The van der Waals surface area contributed by atoms with Crippen molar-refractivity contribution in [3.63, 3.8) is 0 Å². The minimum absolute atomic E-state index is 0.0643. The van der Waals surface area contributed by atoms with Crippen LogP contribution >= 0.6 is 0 Å². The van der Waals surface area contributed by atoms with Gasteiger partial charge in [-0.05, 0) is 24.6 Å². The summed E-state index contributed by atoms with van der Waals surface area (Å²) in [7, 11) is 0. The standard InChI is InChI=1S/C22H24N4O/c1-16-6-8-17(9-7-16)15-24-22(27)19-14-21(26-12-10-23-11-13-26)25-20-5-3-2-4-18(19)20/h2-9,14,23H,10-13,15H2,1H3,(H,24,27). The second-order valence-corrected chi connectivity index (χ2v) is 6.95. The zero-order valence-corrected chi connectivity index (χ0v) is 15.5. The van der Waals surface area contributed by atoms with E-state index in [4.69, 9.17) is 4.98 Å². The van der Waals surface area contributed by atoms with E-state index in [1.165, 1.54) is 5.56 Å². The van der Waals surface area contributed by atoms with Crippen LogP contribution in [-0.2, 0) is 6.54 Å². The minimum atomic E-state index is -0.0643. The molecule has 5 heteroatoms. The van der Waals surface area contributed by atoms with Gasteiger partial charge in [-0.2, -0.15) is 0 Å². The smallest absolute Gasteiger partial charge is 0.252 e. The number of pyridine rings is 1. The van der Waals surface area contributed by atoms with E-state index < -0.39 is 0 Å². The summed E-state index contributed by atoms with van der Waals surface area (Å²) in [5, 5.41) is 7.30. The van der Waals surface area contributed by atoms with Gasteiger partial charge >= 0.3 is 0 Å². The molecular weight excluding hydrogens is 336 g/mol. The topological polar surface area (TPSA) is 57.3 Å². The number of amides is 1. The average molecular weight is 360 g/mol. The molecule has 1 amide bonds. The summed E-state index contributed by atoms with van der Waals surface area (Å²) >= 11 is 0. The quantitative estimate of drug-likeness (QED) is 0.751. The summed E-state index contributed by atoms with van der Waals surface area (Å²) in [6, 6.07) is 18.0. The van der Waals surface area contributed by atoms with Gasteiger partial charge in [-0.1, -0.05) is 48.0 Å². The number of anilines is 1. The molecule has 1 fully saturated rings. The van der Waals surface area contributed by atoms with Gasteiger partial charge in [0.2, 0.25) is 0 Å². The Bertz CT molecular complexity index is 946. The molecule has 1 aliphatic heterocycles. The fourth-order valence-electron chi connectivity index (χ4n) is 3.39. The number of hydrogen-bond donors (Lipinski definition) is 2. The number of para-hydroxylation sites is 1. The molecule has 0 radical (unpaired) electrons. The molecule has 27 heavy (non-hydrogen) atoms. The number of nitrogens with one attached hydrogen (secondary N) is 2. The Morgan fingerprint density at radius 2 is 1.85 bits per heavy atom. The van der Waals surface area contributed by atoms with Crippen LogP contribution in [0, 0.1) is 6.92 Å². The Kier molecular flexibility index (Phi) is 5.03. The van der Waals surface area contributed by atoms with Crippen molar-refractivity contribution in [3.05, 3.63) is 71.3 Å². The Balaban J connectivity index is 1.62. The van der Waals surface area contributed by atoms with Crippen LogP contribution in [0.1, 0.15) is 21.5 Å². The van der Waals surface area contributed by atoms with Gasteiger partial charge in [-0.3, -0.25) is 4.79 Å². The van der Waals surface area contributed by atoms with Crippen LogP contribution in [0.3, 0.4) is 0 Å². The maximum Gasteiger partial charge on any atom is 0.252 e. The first kappa shape index (κ1) is 17.5. The SMILES string of the molecule is Cc1ccc(CNC(=O)c2cc(N3CCNCC3)nc3ccccc23)cc1. The van der Waals surface area contributed by atoms with Crippen LogP contribution in [0.25, 0.3) is 10.9 Å². The number of hydrogen-bond acceptors (Lipinski definition) is 4. The van der Waals surface area contributed by atoms with E-state index in [1.54, 1.807) is 0 Å². The lowest BCUT2D eigenvalue weighted by Gasteiger charge is -2.29. The van der Waals surface area contributed by atoms with Crippen molar-refractivity contribution >= 4 is 22.6 Å². The number of carbonyl (C=O) groups excluding carboxylic acids is 1. The molecule has 1 saturated heterocycles. The van der Waals surface area contributed by atoms with Gasteiger partial charge in [0.15, 0.2) is 0 Å². The largest absolute Gasteiger partial charge is 0.354 e. The number of carbonyl (C=O) groups is 1. The van der Waals surface area contributed by atoms with Crippen molar-refractivity contribution in [1.82, 2.24) is 15.6 Å². The van der Waals surface area contributed by atoms with Crippen LogP contribution < -0.4 is 15.5 Å². The predicted molar refractivity (Wildman–Crippen MR) is 109 cm³/mol. The van der Waals surface area contributed by atoms with Crippen LogP contribution in [0.4, 0.5) is 5.82 Å². The second-order valence-electron chi connectivity index (χ2n) is 6.95. The first-order valence-corrected chi connectivity index (χ1v) is 9.40. The monoisotopic (exact) mass is 360 g/mol. The molecule has 3 aromatic rings. The third-order valence-corrected chi connectivity index (χ3v) is 4.96. The van der Waals surface area contributed by atoms with Crippen molar-refractivity contribution in [2.75, 3.05) is 31.1 Å². The first-order valence-electron chi connectivity index (χ1n) is 9.40. The summed E-state index contributed by atoms with van der Waals surface area (Å²) in [6.45, 7) is 6.24. The molecule has 1 aromatic heterocycles. The highest BCUT2D eigenvalue weighted by Crippen LogP contribution is 2.23. The predicted octanol–water partition coefficient (Wildman–Crippen LogP) is 2.88. The average Bonchev–Trinajstić information content (AvgIpc) is 2.73. The molecule has 0 saturated carbocycles.